The summed E-state index contributed by atoms with van der Waals surface area (Å²) >= 11 is 0. The Bertz CT molecular complexity index is 918. The quantitative estimate of drug-likeness (QED) is 0.750. The molecule has 4 heteroatoms. The Morgan fingerprint density at radius 3 is 2.96 bits per heavy atom. The summed E-state index contributed by atoms with van der Waals surface area (Å²) in [5.74, 6) is 0.549. The highest BCUT2D eigenvalue weighted by Crippen LogP contribution is 2.33. The molecule has 0 aliphatic carbocycles. The van der Waals surface area contributed by atoms with Gasteiger partial charge in [-0.25, -0.2) is 0 Å². The fourth-order valence-corrected chi connectivity index (χ4v) is 3.01. The van der Waals surface area contributed by atoms with Gasteiger partial charge in [0.2, 0.25) is 0 Å². The zero-order valence-electron chi connectivity index (χ0n) is 12.8. The van der Waals surface area contributed by atoms with E-state index in [4.69, 9.17) is 4.74 Å². The van der Waals surface area contributed by atoms with E-state index in [1.807, 2.05) is 30.5 Å². The Labute approximate surface area is 134 Å². The van der Waals surface area contributed by atoms with Crippen molar-refractivity contribution in [1.29, 1.82) is 0 Å². The zero-order valence-corrected chi connectivity index (χ0v) is 12.8. The lowest BCUT2D eigenvalue weighted by molar-refractivity contribution is 0.0957. The predicted molar refractivity (Wildman–Crippen MR) is 89.7 cm³/mol. The molecule has 1 amide bonds. The maximum absolute atomic E-state index is 12.2. The summed E-state index contributed by atoms with van der Waals surface area (Å²) in [4.78, 5) is 16.5. The van der Waals surface area contributed by atoms with Gasteiger partial charge in [-0.15, -0.1) is 0 Å². The van der Waals surface area contributed by atoms with Gasteiger partial charge in [0, 0.05) is 17.8 Å². The lowest BCUT2D eigenvalue weighted by Crippen LogP contribution is -2.24. The highest BCUT2D eigenvalue weighted by atomic mass is 16.5. The Morgan fingerprint density at radius 1 is 1.13 bits per heavy atom. The summed E-state index contributed by atoms with van der Waals surface area (Å²) in [6.45, 7) is 3.10. The molecule has 1 aromatic heterocycles. The van der Waals surface area contributed by atoms with Crippen molar-refractivity contribution in [3.05, 3.63) is 59.9 Å². The van der Waals surface area contributed by atoms with Crippen LogP contribution in [0.15, 0.2) is 48.8 Å². The van der Waals surface area contributed by atoms with Gasteiger partial charge in [0.1, 0.15) is 12.4 Å². The third kappa shape index (κ3) is 2.42. The van der Waals surface area contributed by atoms with E-state index in [0.29, 0.717) is 24.5 Å². The minimum atomic E-state index is -0.0885. The number of rotatable bonds is 1. The number of nitrogens with zero attached hydrogens (tertiary/aromatic N) is 1. The summed E-state index contributed by atoms with van der Waals surface area (Å²) in [6.07, 6.45) is 3.66. The van der Waals surface area contributed by atoms with Crippen molar-refractivity contribution >= 4 is 16.7 Å². The van der Waals surface area contributed by atoms with Crippen LogP contribution in [0.5, 0.6) is 5.75 Å². The van der Waals surface area contributed by atoms with Crippen molar-refractivity contribution in [2.24, 2.45) is 0 Å². The molecule has 1 aliphatic heterocycles. The topological polar surface area (TPSA) is 51.2 Å². The molecule has 1 N–H and O–H groups in total. The van der Waals surface area contributed by atoms with Gasteiger partial charge >= 0.3 is 0 Å². The number of aryl methyl sites for hydroxylation is 1. The minimum absolute atomic E-state index is 0.0885. The molecule has 114 valence electrons. The van der Waals surface area contributed by atoms with E-state index in [1.54, 1.807) is 6.20 Å². The number of ether oxygens (including phenoxy) is 1. The van der Waals surface area contributed by atoms with Crippen LogP contribution in [-0.4, -0.2) is 24.0 Å². The van der Waals surface area contributed by atoms with Crippen LogP contribution < -0.4 is 10.1 Å². The van der Waals surface area contributed by atoms with Crippen LogP contribution >= 0.6 is 0 Å². The highest BCUT2D eigenvalue weighted by molar-refractivity contribution is 6.01. The first kappa shape index (κ1) is 13.8. The molecule has 2 aromatic carbocycles. The fraction of sp³-hybridized carbons (Fsp3) is 0.158. The number of amides is 1. The fourth-order valence-electron chi connectivity index (χ4n) is 3.01. The van der Waals surface area contributed by atoms with E-state index < -0.39 is 0 Å². The van der Waals surface area contributed by atoms with E-state index in [-0.39, 0.29) is 5.91 Å². The molecular formula is C19H16N2O2. The van der Waals surface area contributed by atoms with E-state index in [0.717, 1.165) is 21.9 Å². The van der Waals surface area contributed by atoms with Crippen LogP contribution in [0.25, 0.3) is 21.9 Å². The molecule has 0 unspecified atom stereocenters. The molecule has 4 rings (SSSR count). The minimum Gasteiger partial charge on any atom is -0.491 e. The number of carbonyl (C=O) groups is 1. The number of benzene rings is 2. The van der Waals surface area contributed by atoms with Gasteiger partial charge in [0.05, 0.1) is 12.1 Å². The third-order valence-electron chi connectivity index (χ3n) is 4.08. The van der Waals surface area contributed by atoms with E-state index in [1.165, 1.54) is 5.56 Å². The van der Waals surface area contributed by atoms with Crippen LogP contribution in [0.1, 0.15) is 15.9 Å². The first-order chi connectivity index (χ1) is 11.2. The second-order valence-corrected chi connectivity index (χ2v) is 5.72. The Kier molecular flexibility index (Phi) is 3.23. The molecule has 0 spiro atoms. The second kappa shape index (κ2) is 5.39. The summed E-state index contributed by atoms with van der Waals surface area (Å²) in [6, 6.07) is 12.0. The molecule has 0 saturated carbocycles. The zero-order chi connectivity index (χ0) is 15.8. The normalized spacial score (nSPS) is 13.9. The molecule has 0 saturated heterocycles. The van der Waals surface area contributed by atoms with Crippen molar-refractivity contribution < 1.29 is 9.53 Å². The van der Waals surface area contributed by atoms with Crippen molar-refractivity contribution in [3.63, 3.8) is 0 Å². The van der Waals surface area contributed by atoms with E-state index in [2.05, 4.69) is 29.4 Å². The van der Waals surface area contributed by atoms with Gasteiger partial charge in [-0.1, -0.05) is 18.2 Å². The van der Waals surface area contributed by atoms with Crippen molar-refractivity contribution in [2.45, 2.75) is 6.92 Å². The van der Waals surface area contributed by atoms with E-state index >= 15 is 0 Å². The molecule has 0 bridgehead atoms. The monoisotopic (exact) mass is 304 g/mol. The maximum atomic E-state index is 12.2. The largest absolute Gasteiger partial charge is 0.491 e. The second-order valence-electron chi connectivity index (χ2n) is 5.72. The summed E-state index contributed by atoms with van der Waals surface area (Å²) in [7, 11) is 0. The van der Waals surface area contributed by atoms with Crippen LogP contribution in [0.3, 0.4) is 0 Å². The van der Waals surface area contributed by atoms with E-state index in [9.17, 15) is 4.79 Å². The van der Waals surface area contributed by atoms with Crippen LogP contribution in [0, 0.1) is 6.92 Å². The molecule has 1 aliphatic rings. The van der Waals surface area contributed by atoms with Gasteiger partial charge in [0.15, 0.2) is 0 Å². The number of carbonyl (C=O) groups excluding carboxylic acids is 1. The average Bonchev–Trinajstić information content (AvgIpc) is 2.75. The number of nitrogens with one attached hydrogen (secondary N) is 1. The lowest BCUT2D eigenvalue weighted by atomic mass is 9.95. The van der Waals surface area contributed by atoms with Crippen LogP contribution in [0.4, 0.5) is 0 Å². The van der Waals surface area contributed by atoms with Gasteiger partial charge < -0.3 is 10.1 Å². The smallest absolute Gasteiger partial charge is 0.255 e. The van der Waals surface area contributed by atoms with Crippen LogP contribution in [-0.2, 0) is 0 Å². The molecule has 2 heterocycles. The lowest BCUT2D eigenvalue weighted by Gasteiger charge is -2.11. The number of aromatic nitrogens is 1. The standard InChI is InChI=1S/C19H16N2O2/c1-12-8-14-4-5-20-11-17(14)15(9-12)13-2-3-18-16(10-13)19(22)21-6-7-23-18/h2-5,8-11H,6-7H2,1H3,(H,21,22). The Morgan fingerprint density at radius 2 is 2.04 bits per heavy atom. The van der Waals surface area contributed by atoms with Crippen molar-refractivity contribution in [3.8, 4) is 16.9 Å². The molecule has 4 nitrogen and oxygen atoms in total. The summed E-state index contributed by atoms with van der Waals surface area (Å²) in [5, 5.41) is 5.07. The first-order valence-corrected chi connectivity index (χ1v) is 7.62. The van der Waals surface area contributed by atoms with Gasteiger partial charge in [-0.2, -0.15) is 0 Å². The Balaban J connectivity index is 1.94. The molecule has 0 radical (unpaired) electrons. The van der Waals surface area contributed by atoms with Crippen molar-refractivity contribution in [2.75, 3.05) is 13.2 Å². The molecule has 23 heavy (non-hydrogen) atoms. The number of fused-ring (bicyclic) bond motifs is 2. The Hall–Kier alpha value is -2.88. The van der Waals surface area contributed by atoms with Crippen molar-refractivity contribution in [1.82, 2.24) is 10.3 Å². The SMILES string of the molecule is Cc1cc(-c2ccc3c(c2)C(=O)NCCO3)c2cnccc2c1. The average molecular weight is 304 g/mol. The molecule has 0 atom stereocenters. The number of pyridine rings is 1. The first-order valence-electron chi connectivity index (χ1n) is 7.62. The molecular weight excluding hydrogens is 288 g/mol. The number of hydrogen-bond acceptors (Lipinski definition) is 3. The predicted octanol–water partition coefficient (Wildman–Crippen LogP) is 3.33. The summed E-state index contributed by atoms with van der Waals surface area (Å²) < 4.78 is 5.63. The van der Waals surface area contributed by atoms with Gasteiger partial charge in [0.25, 0.3) is 5.91 Å². The highest BCUT2D eigenvalue weighted by Gasteiger charge is 2.17. The molecule has 3 aromatic rings. The number of hydrogen-bond donors (Lipinski definition) is 1. The van der Waals surface area contributed by atoms with Gasteiger partial charge in [-0.05, 0) is 47.2 Å². The molecule has 0 fully saturated rings. The van der Waals surface area contributed by atoms with Crippen LogP contribution in [0.2, 0.25) is 0 Å². The third-order valence-corrected chi connectivity index (χ3v) is 4.08. The maximum Gasteiger partial charge on any atom is 0.255 e. The van der Waals surface area contributed by atoms with Gasteiger partial charge in [-0.3, -0.25) is 9.78 Å². The summed E-state index contributed by atoms with van der Waals surface area (Å²) in [5.41, 5.74) is 3.83.